The second kappa shape index (κ2) is 2.40. The van der Waals surface area contributed by atoms with Gasteiger partial charge in [-0.3, -0.25) is 0 Å². The summed E-state index contributed by atoms with van der Waals surface area (Å²) in [5, 5.41) is 18.6. The molecule has 0 aliphatic carbocycles. The molecule has 0 aromatic carbocycles. The minimum absolute atomic E-state index is 0.316. The van der Waals surface area contributed by atoms with E-state index in [-0.39, 0.29) is 0 Å². The van der Waals surface area contributed by atoms with Crippen molar-refractivity contribution in [1.29, 1.82) is 0 Å². The van der Waals surface area contributed by atoms with E-state index in [4.69, 9.17) is 15.2 Å². The zero-order chi connectivity index (χ0) is 8.01. The van der Waals surface area contributed by atoms with Crippen molar-refractivity contribution in [1.82, 2.24) is 0 Å². The second-order valence-electron chi connectivity index (χ2n) is 2.93. The van der Waals surface area contributed by atoms with Crippen molar-refractivity contribution in [3.8, 4) is 0 Å². The lowest BCUT2D eigenvalue weighted by atomic mass is 10.00. The third-order valence-corrected chi connectivity index (χ3v) is 2.17. The number of rotatable bonds is 0. The molecule has 4 N–H and O–H groups in total. The first kappa shape index (κ1) is 7.45. The average molecular weight is 161 g/mol. The van der Waals surface area contributed by atoms with Crippen LogP contribution < -0.4 is 5.73 Å². The van der Waals surface area contributed by atoms with Crippen LogP contribution in [0.25, 0.3) is 0 Å². The zero-order valence-electron chi connectivity index (χ0n) is 5.88. The molecule has 2 rings (SSSR count). The molecule has 11 heavy (non-hydrogen) atoms. The molecule has 0 aromatic rings. The lowest BCUT2D eigenvalue weighted by Gasteiger charge is -2.33. The van der Waals surface area contributed by atoms with E-state index in [9.17, 15) is 10.2 Å². The molecule has 0 saturated carbocycles. The molecule has 0 spiro atoms. The molecule has 2 bridgehead atoms. The van der Waals surface area contributed by atoms with Gasteiger partial charge in [0.25, 0.3) is 0 Å². The number of hydrogen-bond donors (Lipinski definition) is 3. The Kier molecular flexibility index (Phi) is 1.62. The molecule has 2 fully saturated rings. The van der Waals surface area contributed by atoms with E-state index in [1.165, 1.54) is 0 Å². The van der Waals surface area contributed by atoms with E-state index in [0.717, 1.165) is 0 Å². The highest BCUT2D eigenvalue weighted by Gasteiger charge is 2.47. The maximum absolute atomic E-state index is 9.30. The Labute approximate surface area is 63.7 Å². The van der Waals surface area contributed by atoms with Crippen LogP contribution >= 0.6 is 0 Å². The third kappa shape index (κ3) is 0.969. The van der Waals surface area contributed by atoms with Crippen molar-refractivity contribution in [3.63, 3.8) is 0 Å². The summed E-state index contributed by atoms with van der Waals surface area (Å²) < 4.78 is 10.2. The van der Waals surface area contributed by atoms with Crippen molar-refractivity contribution in [3.05, 3.63) is 0 Å². The van der Waals surface area contributed by atoms with Crippen molar-refractivity contribution >= 4 is 0 Å². The summed E-state index contributed by atoms with van der Waals surface area (Å²) in [7, 11) is 0. The molecule has 2 aliphatic rings. The summed E-state index contributed by atoms with van der Waals surface area (Å²) in [5.74, 6) is 0. The Bertz CT molecular complexity index is 145. The molecule has 0 amide bonds. The maximum Gasteiger partial charge on any atom is 0.175 e. The van der Waals surface area contributed by atoms with Gasteiger partial charge in [0, 0.05) is 0 Å². The van der Waals surface area contributed by atoms with Gasteiger partial charge in [-0.1, -0.05) is 0 Å². The number of aliphatic hydroxyl groups is 2. The van der Waals surface area contributed by atoms with Gasteiger partial charge in [-0.15, -0.1) is 0 Å². The van der Waals surface area contributed by atoms with Crippen LogP contribution in [0, 0.1) is 0 Å². The average Bonchev–Trinajstić information content (AvgIpc) is 2.44. The number of ether oxygens (including phenoxy) is 2. The number of nitrogens with two attached hydrogens (primary N) is 1. The Hall–Kier alpha value is -0.200. The Balaban J connectivity index is 2.16. The van der Waals surface area contributed by atoms with Crippen LogP contribution in [0.4, 0.5) is 0 Å². The summed E-state index contributed by atoms with van der Waals surface area (Å²) in [4.78, 5) is 0. The van der Waals surface area contributed by atoms with Crippen molar-refractivity contribution in [2.24, 2.45) is 5.73 Å². The Morgan fingerprint density at radius 3 is 2.73 bits per heavy atom. The molecule has 2 aliphatic heterocycles. The summed E-state index contributed by atoms with van der Waals surface area (Å²) in [6.07, 6.45) is -2.79. The standard InChI is InChI=1S/C6H11NO4/c7-3-5(9)4(8)2-1-10-6(3)11-2/h2-6,8-9H,1,7H2/t2-,3+,4+,5+,6-/m0/s1. The topological polar surface area (TPSA) is 84.9 Å². The van der Waals surface area contributed by atoms with E-state index >= 15 is 0 Å². The van der Waals surface area contributed by atoms with Crippen molar-refractivity contribution < 1.29 is 19.7 Å². The minimum atomic E-state index is -0.929. The summed E-state index contributed by atoms with van der Waals surface area (Å²) >= 11 is 0. The molecule has 2 heterocycles. The van der Waals surface area contributed by atoms with E-state index in [1.54, 1.807) is 0 Å². The first-order chi connectivity index (χ1) is 5.20. The fourth-order valence-corrected chi connectivity index (χ4v) is 1.43. The fourth-order valence-electron chi connectivity index (χ4n) is 1.43. The molecule has 5 nitrogen and oxygen atoms in total. The van der Waals surface area contributed by atoms with Gasteiger partial charge in [-0.05, 0) is 0 Å². The van der Waals surface area contributed by atoms with Crippen molar-refractivity contribution in [2.45, 2.75) is 30.6 Å². The fraction of sp³-hybridized carbons (Fsp3) is 1.00. The molecule has 64 valence electrons. The van der Waals surface area contributed by atoms with Gasteiger partial charge < -0.3 is 25.4 Å². The van der Waals surface area contributed by atoms with E-state index in [1.807, 2.05) is 0 Å². The summed E-state index contributed by atoms with van der Waals surface area (Å²) in [6.45, 7) is 0.316. The number of aliphatic hydroxyl groups excluding tert-OH is 2. The van der Waals surface area contributed by atoms with Crippen LogP contribution in [0.3, 0.4) is 0 Å². The van der Waals surface area contributed by atoms with Crippen LogP contribution in [0.1, 0.15) is 0 Å². The Morgan fingerprint density at radius 2 is 2.00 bits per heavy atom. The van der Waals surface area contributed by atoms with Gasteiger partial charge in [0.1, 0.15) is 18.3 Å². The van der Waals surface area contributed by atoms with Crippen LogP contribution in [0.2, 0.25) is 0 Å². The lowest BCUT2D eigenvalue weighted by molar-refractivity contribution is -0.177. The first-order valence-corrected chi connectivity index (χ1v) is 3.59. The monoisotopic (exact) mass is 161 g/mol. The van der Waals surface area contributed by atoms with Gasteiger partial charge in [0.2, 0.25) is 0 Å². The quantitative estimate of drug-likeness (QED) is 0.375. The van der Waals surface area contributed by atoms with Gasteiger partial charge in [-0.2, -0.15) is 0 Å². The molecule has 5 heteroatoms. The summed E-state index contributed by atoms with van der Waals surface area (Å²) in [5.41, 5.74) is 5.49. The molecule has 0 unspecified atom stereocenters. The molecular formula is C6H11NO4. The highest BCUT2D eigenvalue weighted by molar-refractivity contribution is 4.94. The van der Waals surface area contributed by atoms with Crippen LogP contribution in [0.5, 0.6) is 0 Å². The maximum atomic E-state index is 9.30. The number of fused-ring (bicyclic) bond motifs is 2. The molecular weight excluding hydrogens is 150 g/mol. The molecule has 0 aromatic heterocycles. The van der Waals surface area contributed by atoms with Gasteiger partial charge >= 0.3 is 0 Å². The van der Waals surface area contributed by atoms with Gasteiger partial charge in [0.05, 0.1) is 12.6 Å². The summed E-state index contributed by atoms with van der Waals surface area (Å²) in [6, 6.07) is -0.635. The predicted molar refractivity (Wildman–Crippen MR) is 34.6 cm³/mol. The van der Waals surface area contributed by atoms with Crippen LogP contribution in [-0.4, -0.2) is 47.5 Å². The molecule has 2 saturated heterocycles. The largest absolute Gasteiger partial charge is 0.388 e. The lowest BCUT2D eigenvalue weighted by Crippen LogP contribution is -2.57. The van der Waals surface area contributed by atoms with E-state index in [0.29, 0.717) is 6.61 Å². The SMILES string of the molecule is N[C@H]1[C@H]2OC[C@H](O2)[C@@H](O)[C@@H]1O. The van der Waals surface area contributed by atoms with Crippen LogP contribution in [0.15, 0.2) is 0 Å². The normalized spacial score (nSPS) is 56.5. The highest BCUT2D eigenvalue weighted by atomic mass is 16.7. The predicted octanol–water partition coefficient (Wildman–Crippen LogP) is -2.21. The van der Waals surface area contributed by atoms with E-state index < -0.39 is 30.6 Å². The van der Waals surface area contributed by atoms with Crippen LogP contribution in [-0.2, 0) is 9.47 Å². The van der Waals surface area contributed by atoms with E-state index in [2.05, 4.69) is 0 Å². The second-order valence-corrected chi connectivity index (χ2v) is 2.93. The number of hydrogen-bond acceptors (Lipinski definition) is 5. The molecule has 5 atom stereocenters. The zero-order valence-corrected chi connectivity index (χ0v) is 5.88. The van der Waals surface area contributed by atoms with Gasteiger partial charge in [-0.25, -0.2) is 0 Å². The van der Waals surface area contributed by atoms with Crippen molar-refractivity contribution in [2.75, 3.05) is 6.61 Å². The minimum Gasteiger partial charge on any atom is -0.388 e. The molecule has 0 radical (unpaired) electrons. The Morgan fingerprint density at radius 1 is 1.27 bits per heavy atom. The highest BCUT2D eigenvalue weighted by Crippen LogP contribution is 2.26. The first-order valence-electron chi connectivity index (χ1n) is 3.59. The third-order valence-electron chi connectivity index (χ3n) is 2.17. The smallest absolute Gasteiger partial charge is 0.175 e. The van der Waals surface area contributed by atoms with Gasteiger partial charge in [0.15, 0.2) is 6.29 Å².